The second-order valence-corrected chi connectivity index (χ2v) is 6.38. The van der Waals surface area contributed by atoms with Gasteiger partial charge in [0, 0.05) is 50.2 Å². The van der Waals surface area contributed by atoms with Crippen molar-refractivity contribution in [1.29, 1.82) is 0 Å². The zero-order valence-corrected chi connectivity index (χ0v) is 12.9. The molecule has 1 amide bonds. The molecule has 21 heavy (non-hydrogen) atoms. The van der Waals surface area contributed by atoms with Gasteiger partial charge < -0.3 is 9.80 Å². The minimum absolute atomic E-state index is 0.368. The molecule has 4 nitrogen and oxygen atoms in total. The molecule has 0 bridgehead atoms. The minimum atomic E-state index is 0.368. The number of hydrogen-bond donors (Lipinski definition) is 0. The molecule has 1 aromatic heterocycles. The summed E-state index contributed by atoms with van der Waals surface area (Å²) >= 11 is 0. The number of amides is 1. The molecule has 1 aromatic rings. The van der Waals surface area contributed by atoms with Crippen LogP contribution >= 0.6 is 0 Å². The predicted octanol–water partition coefficient (Wildman–Crippen LogP) is 2.62. The van der Waals surface area contributed by atoms with Gasteiger partial charge in [-0.1, -0.05) is 12.8 Å². The van der Waals surface area contributed by atoms with E-state index in [2.05, 4.69) is 26.9 Å². The summed E-state index contributed by atoms with van der Waals surface area (Å²) in [5.74, 6) is 1.02. The Bertz CT molecular complexity index is 489. The summed E-state index contributed by atoms with van der Waals surface area (Å²) in [6, 6.07) is 4.18. The van der Waals surface area contributed by atoms with Gasteiger partial charge in [-0.15, -0.1) is 0 Å². The third-order valence-corrected chi connectivity index (χ3v) is 4.82. The zero-order chi connectivity index (χ0) is 14.7. The SMILES string of the molecule is Cc1cc(N2CCN(C(=O)CC3CCCC3)CC2)ccn1. The van der Waals surface area contributed by atoms with Crippen molar-refractivity contribution < 1.29 is 4.79 Å². The monoisotopic (exact) mass is 287 g/mol. The minimum Gasteiger partial charge on any atom is -0.368 e. The molecule has 0 unspecified atom stereocenters. The van der Waals surface area contributed by atoms with Crippen molar-refractivity contribution in [3.8, 4) is 0 Å². The Morgan fingerprint density at radius 2 is 1.95 bits per heavy atom. The first-order chi connectivity index (χ1) is 10.2. The third kappa shape index (κ3) is 3.55. The Balaban J connectivity index is 1.51. The van der Waals surface area contributed by atoms with Crippen molar-refractivity contribution in [2.24, 2.45) is 5.92 Å². The first-order valence-corrected chi connectivity index (χ1v) is 8.18. The number of piperazine rings is 1. The number of aryl methyl sites for hydroxylation is 1. The Labute approximate surface area is 127 Å². The van der Waals surface area contributed by atoms with Crippen LogP contribution in [0, 0.1) is 12.8 Å². The molecular formula is C17H25N3O. The number of nitrogens with zero attached hydrogens (tertiary/aromatic N) is 3. The molecular weight excluding hydrogens is 262 g/mol. The Hall–Kier alpha value is -1.58. The molecule has 3 rings (SSSR count). The number of hydrogen-bond acceptors (Lipinski definition) is 3. The van der Waals surface area contributed by atoms with Gasteiger partial charge in [-0.2, -0.15) is 0 Å². The lowest BCUT2D eigenvalue weighted by atomic mass is 10.0. The van der Waals surface area contributed by atoms with Crippen LogP contribution in [0.3, 0.4) is 0 Å². The molecule has 2 aliphatic rings. The Morgan fingerprint density at radius 1 is 1.24 bits per heavy atom. The van der Waals surface area contributed by atoms with Crippen LogP contribution in [0.4, 0.5) is 5.69 Å². The van der Waals surface area contributed by atoms with Crippen LogP contribution in [0.2, 0.25) is 0 Å². The first kappa shape index (κ1) is 14.4. The van der Waals surface area contributed by atoms with E-state index in [1.807, 2.05) is 13.1 Å². The second-order valence-electron chi connectivity index (χ2n) is 6.38. The standard InChI is InChI=1S/C17H25N3O/c1-14-12-16(6-7-18-14)19-8-10-20(11-9-19)17(21)13-15-4-2-3-5-15/h6-7,12,15H,2-5,8-11,13H2,1H3. The van der Waals surface area contributed by atoms with Gasteiger partial charge >= 0.3 is 0 Å². The van der Waals surface area contributed by atoms with Crippen LogP contribution in [0.5, 0.6) is 0 Å². The van der Waals surface area contributed by atoms with E-state index in [-0.39, 0.29) is 0 Å². The molecule has 0 aromatic carbocycles. The lowest BCUT2D eigenvalue weighted by Gasteiger charge is -2.36. The smallest absolute Gasteiger partial charge is 0.222 e. The molecule has 1 saturated heterocycles. The van der Waals surface area contributed by atoms with Crippen molar-refractivity contribution in [3.05, 3.63) is 24.0 Å². The number of rotatable bonds is 3. The average Bonchev–Trinajstić information content (AvgIpc) is 3.00. The van der Waals surface area contributed by atoms with E-state index in [1.54, 1.807) is 0 Å². The fraction of sp³-hybridized carbons (Fsp3) is 0.647. The lowest BCUT2D eigenvalue weighted by Crippen LogP contribution is -2.49. The van der Waals surface area contributed by atoms with Gasteiger partial charge in [0.15, 0.2) is 0 Å². The molecule has 2 fully saturated rings. The maximum absolute atomic E-state index is 12.3. The molecule has 114 valence electrons. The number of carbonyl (C=O) groups excluding carboxylic acids is 1. The zero-order valence-electron chi connectivity index (χ0n) is 12.9. The third-order valence-electron chi connectivity index (χ3n) is 4.82. The largest absolute Gasteiger partial charge is 0.368 e. The molecule has 0 spiro atoms. The van der Waals surface area contributed by atoms with Crippen LogP contribution in [0.1, 0.15) is 37.8 Å². The van der Waals surface area contributed by atoms with Gasteiger partial charge in [-0.3, -0.25) is 9.78 Å². The van der Waals surface area contributed by atoms with Crippen molar-refractivity contribution >= 4 is 11.6 Å². The van der Waals surface area contributed by atoms with Crippen LogP contribution in [0.25, 0.3) is 0 Å². The molecule has 1 aliphatic carbocycles. The van der Waals surface area contributed by atoms with Crippen molar-refractivity contribution in [1.82, 2.24) is 9.88 Å². The Kier molecular flexibility index (Phi) is 4.42. The van der Waals surface area contributed by atoms with E-state index in [4.69, 9.17) is 0 Å². The van der Waals surface area contributed by atoms with Gasteiger partial charge in [0.1, 0.15) is 0 Å². The molecule has 4 heteroatoms. The number of aromatic nitrogens is 1. The highest BCUT2D eigenvalue weighted by molar-refractivity contribution is 5.76. The fourth-order valence-electron chi connectivity index (χ4n) is 3.53. The summed E-state index contributed by atoms with van der Waals surface area (Å²) in [4.78, 5) is 21.0. The molecule has 1 saturated carbocycles. The summed E-state index contributed by atoms with van der Waals surface area (Å²) in [7, 11) is 0. The normalized spacial score (nSPS) is 20.0. The predicted molar refractivity (Wildman–Crippen MR) is 84.3 cm³/mol. The van der Waals surface area contributed by atoms with E-state index in [9.17, 15) is 4.79 Å². The van der Waals surface area contributed by atoms with Gasteiger partial charge in [0.05, 0.1) is 0 Å². The summed E-state index contributed by atoms with van der Waals surface area (Å²) in [6.07, 6.45) is 7.76. The molecule has 1 aliphatic heterocycles. The van der Waals surface area contributed by atoms with Crippen LogP contribution in [-0.4, -0.2) is 42.0 Å². The summed E-state index contributed by atoms with van der Waals surface area (Å²) < 4.78 is 0. The highest BCUT2D eigenvalue weighted by Gasteiger charge is 2.25. The topological polar surface area (TPSA) is 36.4 Å². The average molecular weight is 287 g/mol. The number of carbonyl (C=O) groups is 1. The van der Waals surface area contributed by atoms with Crippen molar-refractivity contribution in [2.45, 2.75) is 39.0 Å². The van der Waals surface area contributed by atoms with Crippen LogP contribution in [0.15, 0.2) is 18.3 Å². The molecule has 2 heterocycles. The molecule has 0 N–H and O–H groups in total. The van der Waals surface area contributed by atoms with Crippen LogP contribution < -0.4 is 4.90 Å². The lowest BCUT2D eigenvalue weighted by molar-refractivity contribution is -0.132. The summed E-state index contributed by atoms with van der Waals surface area (Å²) in [5, 5.41) is 0. The quantitative estimate of drug-likeness (QED) is 0.857. The maximum Gasteiger partial charge on any atom is 0.222 e. The second kappa shape index (κ2) is 6.46. The molecule has 0 atom stereocenters. The van der Waals surface area contributed by atoms with Crippen LogP contribution in [-0.2, 0) is 4.79 Å². The van der Waals surface area contributed by atoms with E-state index >= 15 is 0 Å². The van der Waals surface area contributed by atoms with E-state index in [0.29, 0.717) is 11.8 Å². The fourth-order valence-corrected chi connectivity index (χ4v) is 3.53. The van der Waals surface area contributed by atoms with Gasteiger partial charge in [-0.25, -0.2) is 0 Å². The highest BCUT2D eigenvalue weighted by Crippen LogP contribution is 2.28. The van der Waals surface area contributed by atoms with E-state index in [0.717, 1.165) is 38.3 Å². The summed E-state index contributed by atoms with van der Waals surface area (Å²) in [5.41, 5.74) is 2.28. The van der Waals surface area contributed by atoms with Gasteiger partial charge in [0.2, 0.25) is 5.91 Å². The van der Waals surface area contributed by atoms with E-state index in [1.165, 1.54) is 31.4 Å². The van der Waals surface area contributed by atoms with Crippen molar-refractivity contribution in [3.63, 3.8) is 0 Å². The number of pyridine rings is 1. The first-order valence-electron chi connectivity index (χ1n) is 8.18. The van der Waals surface area contributed by atoms with Gasteiger partial charge in [0.25, 0.3) is 0 Å². The van der Waals surface area contributed by atoms with Gasteiger partial charge in [-0.05, 0) is 37.8 Å². The Morgan fingerprint density at radius 3 is 2.62 bits per heavy atom. The van der Waals surface area contributed by atoms with Crippen molar-refractivity contribution in [2.75, 3.05) is 31.1 Å². The summed E-state index contributed by atoms with van der Waals surface area (Å²) in [6.45, 7) is 5.59. The maximum atomic E-state index is 12.3. The number of anilines is 1. The highest BCUT2D eigenvalue weighted by atomic mass is 16.2. The molecule has 0 radical (unpaired) electrons. The van der Waals surface area contributed by atoms with E-state index < -0.39 is 0 Å².